The molecule has 6 heteroatoms. The number of nitrogens with zero attached hydrogens (tertiary/aromatic N) is 2. The molecule has 0 atom stereocenters. The van der Waals surface area contributed by atoms with Crippen LogP contribution in [-0.2, 0) is 30.7 Å². The molecule has 0 saturated carbocycles. The van der Waals surface area contributed by atoms with E-state index in [4.69, 9.17) is 4.52 Å². The van der Waals surface area contributed by atoms with Crippen molar-refractivity contribution in [2.45, 2.75) is 25.9 Å². The highest BCUT2D eigenvalue weighted by atomic mass is 19.1. The average molecular weight is 365 g/mol. The van der Waals surface area contributed by atoms with E-state index in [0.29, 0.717) is 5.56 Å². The van der Waals surface area contributed by atoms with Crippen LogP contribution in [-0.4, -0.2) is 22.5 Å². The third-order valence-electron chi connectivity index (χ3n) is 4.77. The van der Waals surface area contributed by atoms with Gasteiger partial charge in [0, 0.05) is 31.4 Å². The molecule has 3 aromatic rings. The molecule has 0 unspecified atom stereocenters. The van der Waals surface area contributed by atoms with E-state index in [-0.39, 0.29) is 18.1 Å². The maximum absolute atomic E-state index is 13.7. The Bertz CT molecular complexity index is 940. The lowest BCUT2D eigenvalue weighted by molar-refractivity contribution is -0.115. The molecule has 1 amide bonds. The Hall–Kier alpha value is -2.99. The number of halogens is 1. The molecule has 1 aliphatic rings. The number of hydrogen-bond donors (Lipinski definition) is 1. The molecule has 0 saturated heterocycles. The van der Waals surface area contributed by atoms with Crippen LogP contribution < -0.4 is 5.32 Å². The summed E-state index contributed by atoms with van der Waals surface area (Å²) >= 11 is 0. The van der Waals surface area contributed by atoms with Gasteiger partial charge in [-0.05, 0) is 41.3 Å². The van der Waals surface area contributed by atoms with Gasteiger partial charge < -0.3 is 9.84 Å². The Labute approximate surface area is 156 Å². The molecule has 27 heavy (non-hydrogen) atoms. The third kappa shape index (κ3) is 4.23. The van der Waals surface area contributed by atoms with Crippen molar-refractivity contribution >= 4 is 11.6 Å². The van der Waals surface area contributed by atoms with E-state index in [1.54, 1.807) is 24.5 Å². The van der Waals surface area contributed by atoms with Crippen molar-refractivity contribution in [2.24, 2.45) is 0 Å². The standard InChI is InChI=1S/C21H20FN3O2/c22-20-4-2-1-3-16(20)12-21(26)23-18-6-5-15-7-9-25(13-17(15)11-18)14-19-8-10-27-24-19/h1-6,8,10-11H,7,9,12-14H2,(H,23,26). The van der Waals surface area contributed by atoms with E-state index in [2.05, 4.69) is 21.4 Å². The molecule has 0 radical (unpaired) electrons. The van der Waals surface area contributed by atoms with Crippen molar-refractivity contribution in [1.29, 1.82) is 0 Å². The van der Waals surface area contributed by atoms with Crippen molar-refractivity contribution in [1.82, 2.24) is 10.1 Å². The van der Waals surface area contributed by atoms with E-state index in [0.717, 1.165) is 37.4 Å². The summed E-state index contributed by atoms with van der Waals surface area (Å²) in [6, 6.07) is 14.2. The number of hydrogen-bond acceptors (Lipinski definition) is 4. The molecular formula is C21H20FN3O2. The van der Waals surface area contributed by atoms with E-state index in [1.165, 1.54) is 17.2 Å². The lowest BCUT2D eigenvalue weighted by Gasteiger charge is -2.28. The molecule has 0 spiro atoms. The Balaban J connectivity index is 1.42. The summed E-state index contributed by atoms with van der Waals surface area (Å²) in [5.41, 5.74) is 4.52. The van der Waals surface area contributed by atoms with Crippen LogP contribution in [0.5, 0.6) is 0 Å². The topological polar surface area (TPSA) is 58.4 Å². The van der Waals surface area contributed by atoms with E-state index >= 15 is 0 Å². The smallest absolute Gasteiger partial charge is 0.228 e. The summed E-state index contributed by atoms with van der Waals surface area (Å²) in [6.07, 6.45) is 2.55. The quantitative estimate of drug-likeness (QED) is 0.751. The van der Waals surface area contributed by atoms with Gasteiger partial charge >= 0.3 is 0 Å². The van der Waals surface area contributed by atoms with Gasteiger partial charge in [0.2, 0.25) is 5.91 Å². The van der Waals surface area contributed by atoms with E-state index in [9.17, 15) is 9.18 Å². The van der Waals surface area contributed by atoms with Gasteiger partial charge in [-0.3, -0.25) is 9.69 Å². The summed E-state index contributed by atoms with van der Waals surface area (Å²) in [5.74, 6) is -0.586. The number of benzene rings is 2. The van der Waals surface area contributed by atoms with Crippen molar-refractivity contribution < 1.29 is 13.7 Å². The second-order valence-electron chi connectivity index (χ2n) is 6.75. The molecule has 0 aliphatic carbocycles. The molecule has 0 bridgehead atoms. The number of nitrogens with one attached hydrogen (secondary N) is 1. The zero-order valence-corrected chi connectivity index (χ0v) is 14.8. The number of carbonyl (C=O) groups is 1. The van der Waals surface area contributed by atoms with Crippen LogP contribution in [0.2, 0.25) is 0 Å². The molecule has 1 N–H and O–H groups in total. The summed E-state index contributed by atoms with van der Waals surface area (Å²) in [6.45, 7) is 2.48. The first-order valence-corrected chi connectivity index (χ1v) is 8.94. The van der Waals surface area contributed by atoms with Crippen molar-refractivity contribution in [3.8, 4) is 0 Å². The van der Waals surface area contributed by atoms with Gasteiger partial charge in [0.25, 0.3) is 0 Å². The van der Waals surface area contributed by atoms with Crippen LogP contribution in [0.15, 0.2) is 59.3 Å². The minimum atomic E-state index is -0.360. The number of aromatic nitrogens is 1. The molecular weight excluding hydrogens is 345 g/mol. The maximum Gasteiger partial charge on any atom is 0.228 e. The summed E-state index contributed by atoms with van der Waals surface area (Å²) in [7, 11) is 0. The monoisotopic (exact) mass is 365 g/mol. The minimum Gasteiger partial charge on any atom is -0.364 e. The lowest BCUT2D eigenvalue weighted by atomic mass is 9.99. The van der Waals surface area contributed by atoms with Crippen molar-refractivity contribution in [2.75, 3.05) is 11.9 Å². The van der Waals surface area contributed by atoms with Gasteiger partial charge in [0.05, 0.1) is 12.1 Å². The molecule has 138 valence electrons. The Kier molecular flexibility index (Phi) is 4.98. The number of rotatable bonds is 5. The van der Waals surface area contributed by atoms with Crippen LogP contribution in [0.4, 0.5) is 10.1 Å². The van der Waals surface area contributed by atoms with Crippen LogP contribution in [0.1, 0.15) is 22.4 Å². The van der Waals surface area contributed by atoms with Crippen molar-refractivity contribution in [3.63, 3.8) is 0 Å². The predicted octanol–water partition coefficient (Wildman–Crippen LogP) is 3.55. The highest BCUT2D eigenvalue weighted by Crippen LogP contribution is 2.24. The fourth-order valence-electron chi connectivity index (χ4n) is 3.40. The molecule has 2 heterocycles. The molecule has 4 rings (SSSR count). The fourth-order valence-corrected chi connectivity index (χ4v) is 3.40. The van der Waals surface area contributed by atoms with Crippen LogP contribution >= 0.6 is 0 Å². The first kappa shape index (κ1) is 17.4. The molecule has 0 fully saturated rings. The summed E-state index contributed by atoms with van der Waals surface area (Å²) in [4.78, 5) is 14.6. The van der Waals surface area contributed by atoms with Crippen LogP contribution in [0.3, 0.4) is 0 Å². The highest BCUT2D eigenvalue weighted by Gasteiger charge is 2.18. The zero-order chi connectivity index (χ0) is 18.6. The minimum absolute atomic E-state index is 0.0159. The number of carbonyl (C=O) groups excluding carboxylic acids is 1. The van der Waals surface area contributed by atoms with Crippen molar-refractivity contribution in [3.05, 3.63) is 83.0 Å². The zero-order valence-electron chi connectivity index (χ0n) is 14.8. The van der Waals surface area contributed by atoms with Gasteiger partial charge in [-0.2, -0.15) is 0 Å². The van der Waals surface area contributed by atoms with Gasteiger partial charge in [-0.25, -0.2) is 4.39 Å². The summed E-state index contributed by atoms with van der Waals surface area (Å²) in [5, 5.41) is 6.84. The Morgan fingerprint density at radius 3 is 2.89 bits per heavy atom. The van der Waals surface area contributed by atoms with E-state index in [1.807, 2.05) is 18.2 Å². The van der Waals surface area contributed by atoms with Gasteiger partial charge in [-0.15, -0.1) is 0 Å². The van der Waals surface area contributed by atoms with Gasteiger partial charge in [-0.1, -0.05) is 29.4 Å². The Morgan fingerprint density at radius 2 is 2.07 bits per heavy atom. The number of anilines is 1. The summed E-state index contributed by atoms with van der Waals surface area (Å²) < 4.78 is 18.6. The molecule has 1 aromatic heterocycles. The fraction of sp³-hybridized carbons (Fsp3) is 0.238. The first-order valence-electron chi connectivity index (χ1n) is 8.94. The Morgan fingerprint density at radius 1 is 1.19 bits per heavy atom. The largest absolute Gasteiger partial charge is 0.364 e. The lowest BCUT2D eigenvalue weighted by Crippen LogP contribution is -2.30. The normalized spacial score (nSPS) is 14.0. The highest BCUT2D eigenvalue weighted by molar-refractivity contribution is 5.92. The first-order chi connectivity index (χ1) is 13.2. The average Bonchev–Trinajstić information content (AvgIpc) is 3.16. The predicted molar refractivity (Wildman–Crippen MR) is 99.5 cm³/mol. The van der Waals surface area contributed by atoms with Crippen LogP contribution in [0, 0.1) is 5.82 Å². The van der Waals surface area contributed by atoms with E-state index < -0.39 is 0 Å². The molecule has 5 nitrogen and oxygen atoms in total. The maximum atomic E-state index is 13.7. The van der Waals surface area contributed by atoms with Gasteiger partial charge in [0.1, 0.15) is 12.1 Å². The number of amides is 1. The second kappa shape index (κ2) is 7.72. The SMILES string of the molecule is O=C(Cc1ccccc1F)Nc1ccc2c(c1)CN(Cc1ccon1)CC2. The third-order valence-corrected chi connectivity index (χ3v) is 4.77. The molecule has 2 aromatic carbocycles. The number of fused-ring (bicyclic) bond motifs is 1. The van der Waals surface area contributed by atoms with Gasteiger partial charge in [0.15, 0.2) is 0 Å². The second-order valence-corrected chi connectivity index (χ2v) is 6.75. The molecule has 1 aliphatic heterocycles. The van der Waals surface area contributed by atoms with Crippen LogP contribution in [0.25, 0.3) is 0 Å².